The molecule has 4 N–H and O–H groups in total. The van der Waals surface area contributed by atoms with Gasteiger partial charge in [0.1, 0.15) is 23.2 Å². The summed E-state index contributed by atoms with van der Waals surface area (Å²) in [6.07, 6.45) is 1.33. The molecule has 150 valence electrons. The van der Waals surface area contributed by atoms with Crippen LogP contribution in [0.1, 0.15) is 13.8 Å². The Morgan fingerprint density at radius 2 is 1.86 bits per heavy atom. The van der Waals surface area contributed by atoms with Crippen molar-refractivity contribution in [2.24, 2.45) is 15.7 Å². The highest BCUT2D eigenvalue weighted by Crippen LogP contribution is 2.23. The van der Waals surface area contributed by atoms with E-state index >= 15 is 0 Å². The van der Waals surface area contributed by atoms with E-state index in [1.54, 1.807) is 35.2 Å². The molecular formula is C21H22F2N6. The molecule has 0 atom stereocenters. The summed E-state index contributed by atoms with van der Waals surface area (Å²) in [5.41, 5.74) is 7.09. The summed E-state index contributed by atoms with van der Waals surface area (Å²) < 4.78 is 27.2. The SMILES string of the molecule is C=C(/N=C1\C(=C/N)N=C(Nc2ccccc2F)N1C(C)C)Nc1ccc(F)cc1. The molecule has 1 aliphatic heterocycles. The number of para-hydroxylation sites is 1. The molecule has 0 fully saturated rings. The molecule has 0 aromatic heterocycles. The number of benzene rings is 2. The fourth-order valence-corrected chi connectivity index (χ4v) is 2.78. The lowest BCUT2D eigenvalue weighted by atomic mass is 10.3. The zero-order chi connectivity index (χ0) is 21.0. The van der Waals surface area contributed by atoms with E-state index in [9.17, 15) is 8.78 Å². The zero-order valence-electron chi connectivity index (χ0n) is 16.2. The average molecular weight is 396 g/mol. The van der Waals surface area contributed by atoms with Gasteiger partial charge in [0.2, 0.25) is 5.96 Å². The van der Waals surface area contributed by atoms with Crippen LogP contribution < -0.4 is 16.4 Å². The molecule has 0 spiro atoms. The van der Waals surface area contributed by atoms with E-state index in [-0.39, 0.29) is 17.5 Å². The summed E-state index contributed by atoms with van der Waals surface area (Å²) >= 11 is 0. The predicted octanol–water partition coefficient (Wildman–Crippen LogP) is 4.24. The summed E-state index contributed by atoms with van der Waals surface area (Å²) in [7, 11) is 0. The minimum Gasteiger partial charge on any atom is -0.403 e. The molecule has 0 amide bonds. The monoisotopic (exact) mass is 396 g/mol. The van der Waals surface area contributed by atoms with E-state index in [4.69, 9.17) is 5.73 Å². The van der Waals surface area contributed by atoms with Gasteiger partial charge in [-0.2, -0.15) is 0 Å². The van der Waals surface area contributed by atoms with Crippen molar-refractivity contribution in [3.8, 4) is 0 Å². The van der Waals surface area contributed by atoms with Crippen LogP contribution in [0, 0.1) is 11.6 Å². The fourth-order valence-electron chi connectivity index (χ4n) is 2.78. The second-order valence-corrected chi connectivity index (χ2v) is 6.57. The molecule has 3 rings (SSSR count). The van der Waals surface area contributed by atoms with Crippen LogP contribution in [0.15, 0.2) is 82.8 Å². The number of halogens is 2. The summed E-state index contributed by atoms with van der Waals surface area (Å²) in [6, 6.07) is 12.1. The van der Waals surface area contributed by atoms with Crippen molar-refractivity contribution in [3.63, 3.8) is 0 Å². The smallest absolute Gasteiger partial charge is 0.210 e. The first-order valence-electron chi connectivity index (χ1n) is 9.01. The van der Waals surface area contributed by atoms with Gasteiger partial charge in [-0.3, -0.25) is 4.90 Å². The number of guanidine groups is 1. The quantitative estimate of drug-likeness (QED) is 0.707. The Kier molecular flexibility index (Phi) is 5.92. The molecule has 0 aliphatic carbocycles. The minimum atomic E-state index is -0.398. The Hall–Kier alpha value is -3.68. The number of aliphatic imine (C=N–C) groups is 2. The first-order chi connectivity index (χ1) is 13.9. The van der Waals surface area contributed by atoms with E-state index < -0.39 is 5.82 Å². The topological polar surface area (TPSA) is 78.0 Å². The van der Waals surface area contributed by atoms with Crippen LogP contribution in [0.2, 0.25) is 0 Å². The third kappa shape index (κ3) is 4.60. The maximum Gasteiger partial charge on any atom is 0.210 e. The lowest BCUT2D eigenvalue weighted by molar-refractivity contribution is 0.507. The van der Waals surface area contributed by atoms with Gasteiger partial charge in [-0.1, -0.05) is 18.7 Å². The Labute approximate surface area is 168 Å². The Morgan fingerprint density at radius 1 is 1.17 bits per heavy atom. The largest absolute Gasteiger partial charge is 0.403 e. The molecule has 0 unspecified atom stereocenters. The normalized spacial score (nSPS) is 16.4. The lowest BCUT2D eigenvalue weighted by Crippen LogP contribution is -2.42. The van der Waals surface area contributed by atoms with Crippen molar-refractivity contribution in [1.29, 1.82) is 0 Å². The van der Waals surface area contributed by atoms with Crippen molar-refractivity contribution in [2.75, 3.05) is 10.6 Å². The maximum atomic E-state index is 14.1. The third-order valence-electron chi connectivity index (χ3n) is 4.08. The van der Waals surface area contributed by atoms with E-state index in [1.807, 2.05) is 13.8 Å². The summed E-state index contributed by atoms with van der Waals surface area (Å²) in [4.78, 5) is 10.8. The van der Waals surface area contributed by atoms with Crippen LogP contribution in [-0.4, -0.2) is 22.7 Å². The van der Waals surface area contributed by atoms with Crippen molar-refractivity contribution >= 4 is 23.2 Å². The molecule has 0 saturated heterocycles. The van der Waals surface area contributed by atoms with Gasteiger partial charge in [0, 0.05) is 17.9 Å². The number of nitrogens with two attached hydrogens (primary N) is 1. The second kappa shape index (κ2) is 8.55. The zero-order valence-corrected chi connectivity index (χ0v) is 16.2. The maximum absolute atomic E-state index is 14.1. The average Bonchev–Trinajstić information content (AvgIpc) is 3.02. The number of rotatable bonds is 5. The van der Waals surface area contributed by atoms with Gasteiger partial charge in [0.05, 0.1) is 5.69 Å². The fraction of sp³-hybridized carbons (Fsp3) is 0.143. The molecule has 1 heterocycles. The first-order valence-corrected chi connectivity index (χ1v) is 9.01. The summed E-state index contributed by atoms with van der Waals surface area (Å²) in [5.74, 6) is 0.444. The van der Waals surface area contributed by atoms with Gasteiger partial charge < -0.3 is 16.4 Å². The standard InChI is InChI=1S/C21H22F2N6/c1-13(2)29-20(26-14(3)25-16-10-8-15(22)9-11-16)19(12-24)28-21(29)27-18-7-5-4-6-17(18)23/h4-13,25H,3,24H2,1-2H3,(H,27,28)/b19-12+,26-20+. The van der Waals surface area contributed by atoms with Gasteiger partial charge in [-0.05, 0) is 50.2 Å². The summed E-state index contributed by atoms with van der Waals surface area (Å²) in [6.45, 7) is 7.80. The summed E-state index contributed by atoms with van der Waals surface area (Å²) in [5, 5.41) is 6.00. The highest BCUT2D eigenvalue weighted by Gasteiger charge is 2.31. The molecule has 0 saturated carbocycles. The van der Waals surface area contributed by atoms with E-state index in [0.717, 1.165) is 0 Å². The predicted molar refractivity (Wildman–Crippen MR) is 113 cm³/mol. The third-order valence-corrected chi connectivity index (χ3v) is 4.08. The Balaban J connectivity index is 1.87. The number of hydrogen-bond acceptors (Lipinski definition) is 5. The Bertz CT molecular complexity index is 992. The van der Waals surface area contributed by atoms with Crippen LogP contribution in [0.3, 0.4) is 0 Å². The van der Waals surface area contributed by atoms with Crippen LogP contribution in [0.5, 0.6) is 0 Å². The van der Waals surface area contributed by atoms with Crippen LogP contribution in [-0.2, 0) is 0 Å². The first kappa shape index (κ1) is 20.1. The van der Waals surface area contributed by atoms with E-state index in [1.165, 1.54) is 24.4 Å². The van der Waals surface area contributed by atoms with Crippen LogP contribution in [0.25, 0.3) is 0 Å². The molecule has 2 aromatic carbocycles. The van der Waals surface area contributed by atoms with Gasteiger partial charge in [-0.25, -0.2) is 18.8 Å². The van der Waals surface area contributed by atoms with Gasteiger partial charge in [0.15, 0.2) is 5.84 Å². The highest BCUT2D eigenvalue weighted by molar-refractivity contribution is 6.18. The minimum absolute atomic E-state index is 0.0529. The molecule has 8 heteroatoms. The van der Waals surface area contributed by atoms with Crippen LogP contribution >= 0.6 is 0 Å². The lowest BCUT2D eigenvalue weighted by Gasteiger charge is -2.26. The second-order valence-electron chi connectivity index (χ2n) is 6.57. The van der Waals surface area contributed by atoms with E-state index in [0.29, 0.717) is 29.0 Å². The molecule has 29 heavy (non-hydrogen) atoms. The highest BCUT2D eigenvalue weighted by atomic mass is 19.1. The Morgan fingerprint density at radius 3 is 2.48 bits per heavy atom. The van der Waals surface area contributed by atoms with Gasteiger partial charge in [0.25, 0.3) is 0 Å². The van der Waals surface area contributed by atoms with Crippen molar-refractivity contribution in [1.82, 2.24) is 4.90 Å². The van der Waals surface area contributed by atoms with Crippen molar-refractivity contribution < 1.29 is 8.78 Å². The van der Waals surface area contributed by atoms with Crippen molar-refractivity contribution in [3.05, 3.63) is 84.5 Å². The van der Waals surface area contributed by atoms with Gasteiger partial charge in [-0.15, -0.1) is 0 Å². The van der Waals surface area contributed by atoms with E-state index in [2.05, 4.69) is 27.2 Å². The number of hydrogen-bond donors (Lipinski definition) is 3. The molecule has 0 bridgehead atoms. The number of amidine groups is 1. The number of nitrogens with zero attached hydrogens (tertiary/aromatic N) is 3. The molecule has 6 nitrogen and oxygen atoms in total. The number of anilines is 2. The molecule has 2 aromatic rings. The molecular weight excluding hydrogens is 374 g/mol. The molecule has 1 aliphatic rings. The van der Waals surface area contributed by atoms with Crippen LogP contribution in [0.4, 0.5) is 20.2 Å². The van der Waals surface area contributed by atoms with Crippen molar-refractivity contribution in [2.45, 2.75) is 19.9 Å². The van der Waals surface area contributed by atoms with Gasteiger partial charge >= 0.3 is 0 Å². The number of nitrogens with one attached hydrogen (secondary N) is 2. The molecule has 0 radical (unpaired) electrons.